The van der Waals surface area contributed by atoms with Gasteiger partial charge >= 0.3 is 0 Å². The quantitative estimate of drug-likeness (QED) is 0.841. The largest absolute Gasteiger partial charge is 0.306 e. The van der Waals surface area contributed by atoms with Gasteiger partial charge in [-0.05, 0) is 31.4 Å². The summed E-state index contributed by atoms with van der Waals surface area (Å²) < 4.78 is 26.3. The highest BCUT2D eigenvalue weighted by molar-refractivity contribution is 5.55. The summed E-state index contributed by atoms with van der Waals surface area (Å²) in [6.07, 6.45) is 2.35. The molecule has 3 nitrogen and oxygen atoms in total. The number of rotatable bonds is 1. The van der Waals surface area contributed by atoms with E-state index in [-0.39, 0.29) is 16.9 Å². The number of halogens is 2. The highest BCUT2D eigenvalue weighted by Gasteiger charge is 2.18. The van der Waals surface area contributed by atoms with Crippen LogP contribution in [0.1, 0.15) is 17.7 Å². The van der Waals surface area contributed by atoms with E-state index in [1.54, 1.807) is 0 Å². The zero-order valence-corrected chi connectivity index (χ0v) is 9.46. The molecular weight excluding hydrogens is 238 g/mol. The Morgan fingerprint density at radius 2 is 1.83 bits per heavy atom. The van der Waals surface area contributed by atoms with Gasteiger partial charge in [0.1, 0.15) is 17.5 Å². The predicted molar refractivity (Wildman–Crippen MR) is 62.2 cm³/mol. The van der Waals surface area contributed by atoms with Crippen molar-refractivity contribution in [2.45, 2.75) is 19.3 Å². The van der Waals surface area contributed by atoms with Gasteiger partial charge in [-0.3, -0.25) is 4.79 Å². The van der Waals surface area contributed by atoms with Crippen molar-refractivity contribution in [2.24, 2.45) is 0 Å². The van der Waals surface area contributed by atoms with Crippen LogP contribution in [-0.4, -0.2) is 9.97 Å². The number of aryl methyl sites for hydroxylation is 1. The Morgan fingerprint density at radius 3 is 2.56 bits per heavy atom. The molecule has 1 N–H and O–H groups in total. The fourth-order valence-corrected chi connectivity index (χ4v) is 2.27. The molecule has 92 valence electrons. The number of nitrogens with zero attached hydrogens (tertiary/aromatic N) is 1. The van der Waals surface area contributed by atoms with Crippen molar-refractivity contribution in [1.82, 2.24) is 9.97 Å². The molecule has 2 aromatic rings. The third kappa shape index (κ3) is 1.81. The number of nitrogens with one attached hydrogen (secondary N) is 1. The maximum atomic E-state index is 13.1. The molecule has 0 atom stereocenters. The molecule has 0 bridgehead atoms. The maximum Gasteiger partial charge on any atom is 0.254 e. The van der Waals surface area contributed by atoms with E-state index in [1.807, 2.05) is 0 Å². The monoisotopic (exact) mass is 248 g/mol. The predicted octanol–water partition coefficient (Wildman–Crippen LogP) is 2.20. The molecule has 1 heterocycles. The second kappa shape index (κ2) is 4.01. The van der Waals surface area contributed by atoms with Crippen molar-refractivity contribution in [1.29, 1.82) is 0 Å². The van der Waals surface area contributed by atoms with E-state index in [2.05, 4.69) is 9.97 Å². The van der Waals surface area contributed by atoms with E-state index < -0.39 is 11.6 Å². The van der Waals surface area contributed by atoms with E-state index in [9.17, 15) is 13.6 Å². The Kier molecular flexibility index (Phi) is 2.47. The molecular formula is C13H10F2N2O. The van der Waals surface area contributed by atoms with Crippen LogP contribution < -0.4 is 5.56 Å². The van der Waals surface area contributed by atoms with Crippen molar-refractivity contribution in [3.8, 4) is 11.4 Å². The molecule has 3 rings (SSSR count). The minimum Gasteiger partial charge on any atom is -0.306 e. The van der Waals surface area contributed by atoms with Crippen LogP contribution in [0.3, 0.4) is 0 Å². The lowest BCUT2D eigenvalue weighted by atomic mass is 10.2. The average Bonchev–Trinajstić information content (AvgIpc) is 2.76. The number of aromatic amines is 1. The Hall–Kier alpha value is -2.04. The highest BCUT2D eigenvalue weighted by atomic mass is 19.1. The maximum absolute atomic E-state index is 13.1. The van der Waals surface area contributed by atoms with Gasteiger partial charge in [0, 0.05) is 17.2 Å². The Bertz CT molecular complexity index is 659. The molecule has 1 aromatic carbocycles. The van der Waals surface area contributed by atoms with E-state index in [0.717, 1.165) is 43.2 Å². The zero-order chi connectivity index (χ0) is 12.7. The van der Waals surface area contributed by atoms with Gasteiger partial charge in [0.2, 0.25) is 0 Å². The zero-order valence-electron chi connectivity index (χ0n) is 9.46. The lowest BCUT2D eigenvalue weighted by Gasteiger charge is -2.04. The second-order valence-electron chi connectivity index (χ2n) is 4.35. The smallest absolute Gasteiger partial charge is 0.254 e. The summed E-state index contributed by atoms with van der Waals surface area (Å²) in [5.41, 5.74) is 1.46. The van der Waals surface area contributed by atoms with Crippen LogP contribution in [0.4, 0.5) is 8.78 Å². The van der Waals surface area contributed by atoms with Crippen molar-refractivity contribution in [3.63, 3.8) is 0 Å². The molecule has 1 aliphatic rings. The number of aromatic nitrogens is 2. The molecule has 0 saturated heterocycles. The molecule has 0 radical (unpaired) electrons. The molecule has 5 heteroatoms. The Morgan fingerprint density at radius 1 is 1.11 bits per heavy atom. The summed E-state index contributed by atoms with van der Waals surface area (Å²) in [5, 5.41) is 0. The summed E-state index contributed by atoms with van der Waals surface area (Å²) in [7, 11) is 0. The first-order valence-corrected chi connectivity index (χ1v) is 5.72. The summed E-state index contributed by atoms with van der Waals surface area (Å²) in [5.74, 6) is -1.15. The first-order valence-electron chi connectivity index (χ1n) is 5.72. The van der Waals surface area contributed by atoms with E-state index in [0.29, 0.717) is 5.56 Å². The van der Waals surface area contributed by atoms with E-state index in [4.69, 9.17) is 0 Å². The lowest BCUT2D eigenvalue weighted by molar-refractivity contribution is 0.584. The molecule has 0 aliphatic heterocycles. The van der Waals surface area contributed by atoms with E-state index >= 15 is 0 Å². The Balaban J connectivity index is 2.18. The number of hydrogen-bond acceptors (Lipinski definition) is 2. The van der Waals surface area contributed by atoms with Gasteiger partial charge in [-0.2, -0.15) is 0 Å². The number of hydrogen-bond donors (Lipinski definition) is 1. The van der Waals surface area contributed by atoms with Crippen LogP contribution >= 0.6 is 0 Å². The van der Waals surface area contributed by atoms with E-state index in [1.165, 1.54) is 0 Å². The third-order valence-corrected chi connectivity index (χ3v) is 3.08. The highest BCUT2D eigenvalue weighted by Crippen LogP contribution is 2.21. The molecule has 0 spiro atoms. The van der Waals surface area contributed by atoms with Gasteiger partial charge in [0.25, 0.3) is 5.56 Å². The van der Waals surface area contributed by atoms with Crippen LogP contribution in [-0.2, 0) is 12.8 Å². The summed E-state index contributed by atoms with van der Waals surface area (Å²) in [4.78, 5) is 18.6. The summed E-state index contributed by atoms with van der Waals surface area (Å²) in [6, 6.07) is 3.10. The molecule has 18 heavy (non-hydrogen) atoms. The van der Waals surface area contributed by atoms with Crippen molar-refractivity contribution in [2.75, 3.05) is 0 Å². The van der Waals surface area contributed by atoms with Gasteiger partial charge in [0.15, 0.2) is 0 Å². The molecule has 1 aromatic heterocycles. The normalized spacial score (nSPS) is 13.7. The first-order chi connectivity index (χ1) is 8.63. The molecule has 1 aliphatic carbocycles. The second-order valence-corrected chi connectivity index (χ2v) is 4.35. The molecule has 0 saturated carbocycles. The van der Waals surface area contributed by atoms with Crippen LogP contribution in [0, 0.1) is 11.6 Å². The minimum atomic E-state index is -0.687. The third-order valence-electron chi connectivity index (χ3n) is 3.08. The van der Waals surface area contributed by atoms with Gasteiger partial charge in [-0.25, -0.2) is 13.8 Å². The van der Waals surface area contributed by atoms with Crippen LogP contribution in [0.5, 0.6) is 0 Å². The van der Waals surface area contributed by atoms with Crippen LogP contribution in [0.25, 0.3) is 11.4 Å². The molecule has 0 amide bonds. The van der Waals surface area contributed by atoms with Gasteiger partial charge in [0.05, 0.1) is 5.69 Å². The van der Waals surface area contributed by atoms with Gasteiger partial charge < -0.3 is 4.98 Å². The molecule has 0 fully saturated rings. The summed E-state index contributed by atoms with van der Waals surface area (Å²) >= 11 is 0. The van der Waals surface area contributed by atoms with Gasteiger partial charge in [-0.1, -0.05) is 0 Å². The number of H-pyrrole nitrogens is 1. The van der Waals surface area contributed by atoms with Crippen molar-refractivity contribution < 1.29 is 8.78 Å². The SMILES string of the molecule is O=c1[nH]c(-c2cc(F)cc(F)c2)nc2c1CCC2. The first kappa shape index (κ1) is 11.1. The molecule has 0 unspecified atom stereocenters. The van der Waals surface area contributed by atoms with Crippen LogP contribution in [0.15, 0.2) is 23.0 Å². The lowest BCUT2D eigenvalue weighted by Crippen LogP contribution is -2.15. The number of benzene rings is 1. The van der Waals surface area contributed by atoms with Crippen molar-refractivity contribution in [3.05, 3.63) is 51.4 Å². The average molecular weight is 248 g/mol. The van der Waals surface area contributed by atoms with Crippen LogP contribution in [0.2, 0.25) is 0 Å². The minimum absolute atomic E-state index is 0.211. The Labute approximate surface area is 102 Å². The number of fused-ring (bicyclic) bond motifs is 1. The summed E-state index contributed by atoms with van der Waals surface area (Å²) in [6.45, 7) is 0. The fourth-order valence-electron chi connectivity index (χ4n) is 2.27. The van der Waals surface area contributed by atoms with Crippen molar-refractivity contribution >= 4 is 0 Å². The standard InChI is InChI=1S/C13H10F2N2O/c14-8-4-7(5-9(15)6-8)12-16-11-3-1-2-10(11)13(18)17-12/h4-6H,1-3H2,(H,16,17,18). The topological polar surface area (TPSA) is 45.8 Å². The van der Waals surface area contributed by atoms with Gasteiger partial charge in [-0.15, -0.1) is 0 Å². The fraction of sp³-hybridized carbons (Fsp3) is 0.231.